The molecule has 13 nitrogen and oxygen atoms in total. The summed E-state index contributed by atoms with van der Waals surface area (Å²) in [6, 6.07) is 3.78. The Bertz CT molecular complexity index is 1690. The zero-order chi connectivity index (χ0) is 27.3. The van der Waals surface area contributed by atoms with Crippen molar-refractivity contribution in [2.75, 3.05) is 12.3 Å². The summed E-state index contributed by atoms with van der Waals surface area (Å²) >= 11 is 0. The van der Waals surface area contributed by atoms with Crippen molar-refractivity contribution in [1.29, 1.82) is 0 Å². The summed E-state index contributed by atoms with van der Waals surface area (Å²) in [4.78, 5) is 41.0. The van der Waals surface area contributed by atoms with Gasteiger partial charge in [-0.3, -0.25) is 24.4 Å². The topological polar surface area (TPSA) is 166 Å². The molecule has 0 saturated carbocycles. The molecule has 0 unspecified atom stereocenters. The van der Waals surface area contributed by atoms with Crippen LogP contribution in [0.5, 0.6) is 0 Å². The van der Waals surface area contributed by atoms with E-state index in [0.29, 0.717) is 36.3 Å². The number of likely N-dealkylation sites (tertiary alicyclic amines) is 1. The molecule has 13 heteroatoms. The van der Waals surface area contributed by atoms with Gasteiger partial charge in [0.25, 0.3) is 5.91 Å². The molecule has 6 heterocycles. The fourth-order valence-electron chi connectivity index (χ4n) is 5.34. The number of fused-ring (bicyclic) bond motifs is 1. The van der Waals surface area contributed by atoms with E-state index in [9.17, 15) is 9.59 Å². The van der Waals surface area contributed by atoms with Gasteiger partial charge in [-0.1, -0.05) is 6.07 Å². The maximum Gasteiger partial charge on any atom is 0.291 e. The highest BCUT2D eigenvalue weighted by molar-refractivity contribution is 6.00. The lowest BCUT2D eigenvalue weighted by atomic mass is 9.86. The second-order valence-electron chi connectivity index (χ2n) is 9.84. The van der Waals surface area contributed by atoms with Crippen molar-refractivity contribution in [3.05, 3.63) is 60.3 Å². The number of ketones is 1. The molecule has 0 radical (unpaired) electrons. The first kappa shape index (κ1) is 24.4. The minimum Gasteiger partial charge on any atom is -0.383 e. The lowest BCUT2D eigenvalue weighted by Gasteiger charge is -2.37. The van der Waals surface area contributed by atoms with Crippen LogP contribution in [0, 0.1) is 0 Å². The second-order valence-corrected chi connectivity index (χ2v) is 9.84. The molecule has 39 heavy (non-hydrogen) atoms. The van der Waals surface area contributed by atoms with Crippen LogP contribution < -0.4 is 5.73 Å². The van der Waals surface area contributed by atoms with E-state index in [0.717, 1.165) is 22.4 Å². The molecule has 6 rings (SSSR count). The molecule has 2 atom stereocenters. The molecule has 0 aliphatic carbocycles. The molecule has 1 aliphatic heterocycles. The van der Waals surface area contributed by atoms with Crippen LogP contribution in [0.2, 0.25) is 0 Å². The Kier molecular flexibility index (Phi) is 5.89. The minimum atomic E-state index is -0.200. The number of piperidine rings is 1. The molecule has 3 N–H and O–H groups in total. The number of hydrogen-bond acceptors (Lipinski definition) is 9. The van der Waals surface area contributed by atoms with Gasteiger partial charge < -0.3 is 10.6 Å². The first-order valence-corrected chi connectivity index (χ1v) is 12.6. The molecule has 0 bridgehead atoms. The molecular weight excluding hydrogens is 498 g/mol. The smallest absolute Gasteiger partial charge is 0.291 e. The number of pyridine rings is 1. The highest BCUT2D eigenvalue weighted by Crippen LogP contribution is 2.37. The van der Waals surface area contributed by atoms with Gasteiger partial charge in [-0.2, -0.15) is 19.8 Å². The van der Waals surface area contributed by atoms with Gasteiger partial charge in [-0.05, 0) is 32.8 Å². The van der Waals surface area contributed by atoms with Crippen LogP contribution in [0.3, 0.4) is 0 Å². The van der Waals surface area contributed by atoms with Crippen molar-refractivity contribution >= 4 is 23.2 Å². The molecule has 1 aliphatic rings. The zero-order valence-corrected chi connectivity index (χ0v) is 21.7. The van der Waals surface area contributed by atoms with E-state index < -0.39 is 0 Å². The van der Waals surface area contributed by atoms with Crippen LogP contribution >= 0.6 is 0 Å². The van der Waals surface area contributed by atoms with Crippen LogP contribution in [-0.2, 0) is 7.05 Å². The molecular formula is C26H27N11O2. The van der Waals surface area contributed by atoms with Gasteiger partial charge in [0.15, 0.2) is 11.4 Å². The summed E-state index contributed by atoms with van der Waals surface area (Å²) in [5.41, 5.74) is 11.4. The number of nitrogens with one attached hydrogen (secondary N) is 1. The average Bonchev–Trinajstić information content (AvgIpc) is 3.69. The standard InChI is InChI=1S/C26H27N11O2/c1-14-8-16(6-7-36(14)26(39)24-29-13-30-34-24)22-21(15(2)38)23(27)37-25(33-22)19(11-32-37)17-4-5-20(28-9-17)18-10-31-35(3)12-18/h4-5,9-14,16H,6-8,27H2,1-3H3,(H,29,30,34)/t14-,16+/m0/s1. The number of nitrogens with zero attached hydrogens (tertiary/aromatic N) is 9. The minimum absolute atomic E-state index is 0.0705. The Hall–Kier alpha value is -4.94. The number of nitrogens with two attached hydrogens (primary N) is 1. The number of Topliss-reactive ketones (excluding diaryl/α,β-unsaturated/α-hetero) is 1. The average molecular weight is 526 g/mol. The first-order chi connectivity index (χ1) is 18.8. The monoisotopic (exact) mass is 525 g/mol. The summed E-state index contributed by atoms with van der Waals surface area (Å²) in [5, 5.41) is 15.1. The van der Waals surface area contributed by atoms with Crippen LogP contribution in [0.1, 0.15) is 59.3 Å². The third-order valence-corrected chi connectivity index (χ3v) is 7.28. The van der Waals surface area contributed by atoms with Gasteiger partial charge in [0, 0.05) is 54.6 Å². The van der Waals surface area contributed by atoms with Gasteiger partial charge in [0.1, 0.15) is 12.1 Å². The third-order valence-electron chi connectivity index (χ3n) is 7.28. The molecule has 5 aromatic rings. The summed E-state index contributed by atoms with van der Waals surface area (Å²) in [7, 11) is 1.86. The number of H-pyrrole nitrogens is 1. The summed E-state index contributed by atoms with van der Waals surface area (Å²) in [5.74, 6) is 0.0126. The Morgan fingerprint density at radius 3 is 2.59 bits per heavy atom. The Morgan fingerprint density at radius 1 is 1.10 bits per heavy atom. The maximum absolute atomic E-state index is 12.9. The van der Waals surface area contributed by atoms with Crippen LogP contribution in [-0.4, -0.2) is 73.7 Å². The molecule has 1 amide bonds. The van der Waals surface area contributed by atoms with Crippen molar-refractivity contribution < 1.29 is 9.59 Å². The summed E-state index contributed by atoms with van der Waals surface area (Å²) in [6.07, 6.45) is 9.68. The molecule has 1 saturated heterocycles. The zero-order valence-electron chi connectivity index (χ0n) is 21.7. The largest absolute Gasteiger partial charge is 0.383 e. The Morgan fingerprint density at radius 2 is 1.95 bits per heavy atom. The van der Waals surface area contributed by atoms with Gasteiger partial charge in [-0.25, -0.2) is 9.97 Å². The number of amides is 1. The quantitative estimate of drug-likeness (QED) is 0.328. The lowest BCUT2D eigenvalue weighted by molar-refractivity contribution is 0.0601. The van der Waals surface area contributed by atoms with Crippen molar-refractivity contribution in [3.8, 4) is 22.4 Å². The highest BCUT2D eigenvalue weighted by Gasteiger charge is 2.34. The third kappa shape index (κ3) is 4.21. The van der Waals surface area contributed by atoms with E-state index in [1.54, 1.807) is 28.2 Å². The van der Waals surface area contributed by atoms with E-state index in [2.05, 4.69) is 30.4 Å². The van der Waals surface area contributed by atoms with Gasteiger partial charge in [0.2, 0.25) is 5.82 Å². The normalized spacial score (nSPS) is 17.6. The van der Waals surface area contributed by atoms with Crippen molar-refractivity contribution in [2.45, 2.75) is 38.6 Å². The van der Waals surface area contributed by atoms with Crippen LogP contribution in [0.15, 0.2) is 43.2 Å². The fraction of sp³-hybridized carbons (Fsp3) is 0.308. The number of rotatable bonds is 5. The van der Waals surface area contributed by atoms with Gasteiger partial charge in [-0.15, -0.1) is 0 Å². The van der Waals surface area contributed by atoms with Crippen LogP contribution in [0.4, 0.5) is 5.82 Å². The Labute approximate surface area is 223 Å². The highest BCUT2D eigenvalue weighted by atomic mass is 16.2. The van der Waals surface area contributed by atoms with E-state index in [-0.39, 0.29) is 35.3 Å². The second kappa shape index (κ2) is 9.42. The van der Waals surface area contributed by atoms with Gasteiger partial charge in [0.05, 0.1) is 29.3 Å². The first-order valence-electron chi connectivity index (χ1n) is 12.6. The number of nitrogen functional groups attached to an aromatic ring is 1. The number of aromatic amines is 1. The van der Waals surface area contributed by atoms with E-state index in [1.165, 1.54) is 17.8 Å². The predicted octanol–water partition coefficient (Wildman–Crippen LogP) is 2.50. The molecule has 1 fully saturated rings. The van der Waals surface area contributed by atoms with E-state index >= 15 is 0 Å². The summed E-state index contributed by atoms with van der Waals surface area (Å²) in [6.45, 7) is 3.96. The maximum atomic E-state index is 12.9. The fourth-order valence-corrected chi connectivity index (χ4v) is 5.34. The van der Waals surface area contributed by atoms with Gasteiger partial charge >= 0.3 is 0 Å². The number of carbonyl (C=O) groups is 2. The van der Waals surface area contributed by atoms with Crippen molar-refractivity contribution in [2.24, 2.45) is 7.05 Å². The van der Waals surface area contributed by atoms with Crippen molar-refractivity contribution in [3.63, 3.8) is 0 Å². The number of hydrogen-bond donors (Lipinski definition) is 2. The number of anilines is 1. The number of aromatic nitrogens is 9. The molecule has 0 spiro atoms. The van der Waals surface area contributed by atoms with Crippen LogP contribution in [0.25, 0.3) is 28.0 Å². The summed E-state index contributed by atoms with van der Waals surface area (Å²) < 4.78 is 3.24. The SMILES string of the molecule is CC(=O)c1c([C@@H]2CCN(C(=O)c3ncn[nH]3)[C@@H](C)C2)nc2c(-c3ccc(-c4cnn(C)c4)nc3)cnn2c1N. The van der Waals surface area contributed by atoms with E-state index in [1.807, 2.05) is 32.3 Å². The number of aryl methyl sites for hydroxylation is 1. The van der Waals surface area contributed by atoms with Crippen molar-refractivity contribution in [1.82, 2.24) is 49.4 Å². The Balaban J connectivity index is 1.36. The predicted molar refractivity (Wildman–Crippen MR) is 142 cm³/mol. The van der Waals surface area contributed by atoms with E-state index in [4.69, 9.17) is 10.7 Å². The number of carbonyl (C=O) groups excluding carboxylic acids is 2. The lowest BCUT2D eigenvalue weighted by Crippen LogP contribution is -2.44. The molecule has 5 aromatic heterocycles. The molecule has 198 valence electrons. The molecule has 0 aromatic carbocycles.